The lowest BCUT2D eigenvalue weighted by Gasteiger charge is -2.22. The van der Waals surface area contributed by atoms with Crippen LogP contribution in [0, 0.1) is 0 Å². The van der Waals surface area contributed by atoms with Gasteiger partial charge in [0.2, 0.25) is 0 Å². The smallest absolute Gasteiger partial charge is 0.394 e. The quantitative estimate of drug-likeness (QED) is 0.629. The summed E-state index contributed by atoms with van der Waals surface area (Å²) in [5.41, 5.74) is 0. The van der Waals surface area contributed by atoms with Gasteiger partial charge in [0.05, 0.1) is 6.61 Å². The highest BCUT2D eigenvalue weighted by atomic mass is 19.4. The Morgan fingerprint density at radius 3 is 2.00 bits per heavy atom. The first-order valence-electron chi connectivity index (χ1n) is 2.82. The summed E-state index contributed by atoms with van der Waals surface area (Å²) in [6.07, 6.45) is -8.87. The topological polar surface area (TPSA) is 49.7 Å². The van der Waals surface area contributed by atoms with Gasteiger partial charge < -0.3 is 14.9 Å². The fourth-order valence-corrected chi connectivity index (χ4v) is 0.605. The highest BCUT2D eigenvalue weighted by Crippen LogP contribution is 2.24. The Bertz CT molecular complexity index is 114. The van der Waals surface area contributed by atoms with Gasteiger partial charge in [-0.25, -0.2) is 0 Å². The third-order valence-corrected chi connectivity index (χ3v) is 1.11. The van der Waals surface area contributed by atoms with E-state index in [1.54, 1.807) is 0 Å². The van der Waals surface area contributed by atoms with Gasteiger partial charge in [0, 0.05) is 7.11 Å². The molecule has 0 unspecified atom stereocenters. The zero-order valence-corrected chi connectivity index (χ0v) is 5.80. The standard InChI is InChI=1S/C5H9F3O3/c1-11-4(3(10)2-9)5(6,7)8/h3-4,9-10H,2H2,1H3/t3-,4-/m1/s1. The third-order valence-electron chi connectivity index (χ3n) is 1.11. The Morgan fingerprint density at radius 2 is 1.91 bits per heavy atom. The SMILES string of the molecule is CO[C@H]([C@H](O)CO)C(F)(F)F. The van der Waals surface area contributed by atoms with Crippen LogP contribution in [0.2, 0.25) is 0 Å². The Balaban J connectivity index is 4.16. The van der Waals surface area contributed by atoms with E-state index in [0.717, 1.165) is 7.11 Å². The van der Waals surface area contributed by atoms with E-state index in [9.17, 15) is 13.2 Å². The zero-order chi connectivity index (χ0) is 9.07. The van der Waals surface area contributed by atoms with Crippen molar-refractivity contribution in [1.82, 2.24) is 0 Å². The molecule has 3 nitrogen and oxygen atoms in total. The van der Waals surface area contributed by atoms with E-state index in [0.29, 0.717) is 0 Å². The minimum atomic E-state index is -4.64. The van der Waals surface area contributed by atoms with Crippen LogP contribution in [0.15, 0.2) is 0 Å². The van der Waals surface area contributed by atoms with Crippen molar-refractivity contribution in [3.63, 3.8) is 0 Å². The van der Waals surface area contributed by atoms with Gasteiger partial charge in [-0.2, -0.15) is 13.2 Å². The van der Waals surface area contributed by atoms with Crippen LogP contribution < -0.4 is 0 Å². The van der Waals surface area contributed by atoms with Gasteiger partial charge in [-0.3, -0.25) is 0 Å². The van der Waals surface area contributed by atoms with Crippen molar-refractivity contribution < 1.29 is 28.1 Å². The van der Waals surface area contributed by atoms with Crippen LogP contribution in [-0.4, -0.2) is 42.3 Å². The van der Waals surface area contributed by atoms with E-state index >= 15 is 0 Å². The molecule has 2 N–H and O–H groups in total. The molecular formula is C5H9F3O3. The van der Waals surface area contributed by atoms with Crippen LogP contribution in [-0.2, 0) is 4.74 Å². The summed E-state index contributed by atoms with van der Waals surface area (Å²) < 4.78 is 39.2. The Labute approximate surface area is 61.4 Å². The van der Waals surface area contributed by atoms with Crippen molar-refractivity contribution in [2.45, 2.75) is 18.4 Å². The van der Waals surface area contributed by atoms with Crippen LogP contribution in [0.25, 0.3) is 0 Å². The molecule has 6 heteroatoms. The van der Waals surface area contributed by atoms with Gasteiger partial charge in [-0.05, 0) is 0 Å². The second-order valence-corrected chi connectivity index (χ2v) is 1.95. The fraction of sp³-hybridized carbons (Fsp3) is 1.00. The molecule has 0 fully saturated rings. The summed E-state index contributed by atoms with van der Waals surface area (Å²) in [5.74, 6) is 0. The van der Waals surface area contributed by atoms with Crippen LogP contribution in [0.1, 0.15) is 0 Å². The molecular weight excluding hydrogens is 165 g/mol. The lowest BCUT2D eigenvalue weighted by molar-refractivity contribution is -0.242. The highest BCUT2D eigenvalue weighted by molar-refractivity contribution is 4.75. The van der Waals surface area contributed by atoms with Gasteiger partial charge in [-0.1, -0.05) is 0 Å². The van der Waals surface area contributed by atoms with Crippen molar-refractivity contribution in [3.8, 4) is 0 Å². The van der Waals surface area contributed by atoms with Crippen molar-refractivity contribution in [2.24, 2.45) is 0 Å². The molecule has 0 amide bonds. The number of halogens is 3. The van der Waals surface area contributed by atoms with Crippen LogP contribution in [0.5, 0.6) is 0 Å². The normalized spacial score (nSPS) is 18.0. The Morgan fingerprint density at radius 1 is 1.45 bits per heavy atom. The molecule has 0 aliphatic heterocycles. The van der Waals surface area contributed by atoms with Crippen LogP contribution in [0.3, 0.4) is 0 Å². The Kier molecular flexibility index (Phi) is 3.77. The van der Waals surface area contributed by atoms with Gasteiger partial charge in [-0.15, -0.1) is 0 Å². The highest BCUT2D eigenvalue weighted by Gasteiger charge is 2.44. The first kappa shape index (κ1) is 10.7. The molecule has 0 aromatic heterocycles. The van der Waals surface area contributed by atoms with E-state index in [1.807, 2.05) is 0 Å². The molecule has 2 atom stereocenters. The molecule has 68 valence electrons. The zero-order valence-electron chi connectivity index (χ0n) is 5.80. The molecule has 0 heterocycles. The second-order valence-electron chi connectivity index (χ2n) is 1.95. The van der Waals surface area contributed by atoms with E-state index in [-0.39, 0.29) is 0 Å². The van der Waals surface area contributed by atoms with E-state index in [2.05, 4.69) is 4.74 Å². The van der Waals surface area contributed by atoms with Gasteiger partial charge in [0.25, 0.3) is 0 Å². The van der Waals surface area contributed by atoms with Gasteiger partial charge >= 0.3 is 6.18 Å². The van der Waals surface area contributed by atoms with E-state index < -0.39 is 25.0 Å². The number of methoxy groups -OCH3 is 1. The molecule has 0 saturated heterocycles. The summed E-state index contributed by atoms with van der Waals surface area (Å²) in [6, 6.07) is 0. The lowest BCUT2D eigenvalue weighted by Crippen LogP contribution is -2.43. The summed E-state index contributed by atoms with van der Waals surface area (Å²) >= 11 is 0. The van der Waals surface area contributed by atoms with Crippen molar-refractivity contribution in [3.05, 3.63) is 0 Å². The first-order chi connectivity index (χ1) is 4.93. The number of rotatable bonds is 3. The predicted molar refractivity (Wildman–Crippen MR) is 29.9 cm³/mol. The number of aliphatic hydroxyl groups is 2. The summed E-state index contributed by atoms with van der Waals surface area (Å²) in [7, 11) is 0.817. The monoisotopic (exact) mass is 174 g/mol. The molecule has 0 bridgehead atoms. The molecule has 0 aliphatic carbocycles. The molecule has 0 aromatic rings. The molecule has 0 spiro atoms. The molecule has 0 radical (unpaired) electrons. The largest absolute Gasteiger partial charge is 0.417 e. The maximum atomic E-state index is 11.8. The number of hydrogen-bond donors (Lipinski definition) is 2. The number of alkyl halides is 3. The van der Waals surface area contributed by atoms with E-state index in [4.69, 9.17) is 10.2 Å². The second kappa shape index (κ2) is 3.89. The Hall–Kier alpha value is -0.330. The van der Waals surface area contributed by atoms with Crippen LogP contribution >= 0.6 is 0 Å². The molecule has 0 rings (SSSR count). The van der Waals surface area contributed by atoms with Crippen LogP contribution in [0.4, 0.5) is 13.2 Å². The maximum Gasteiger partial charge on any atom is 0.417 e. The minimum Gasteiger partial charge on any atom is -0.394 e. The van der Waals surface area contributed by atoms with E-state index in [1.165, 1.54) is 0 Å². The predicted octanol–water partition coefficient (Wildman–Crippen LogP) is -0.0831. The number of ether oxygens (including phenoxy) is 1. The summed E-state index contributed by atoms with van der Waals surface area (Å²) in [6.45, 7) is -0.974. The average Bonchev–Trinajstić information content (AvgIpc) is 1.86. The molecule has 0 aromatic carbocycles. The molecule has 0 saturated carbocycles. The van der Waals surface area contributed by atoms with Gasteiger partial charge in [0.1, 0.15) is 6.10 Å². The fourth-order valence-electron chi connectivity index (χ4n) is 0.605. The average molecular weight is 174 g/mol. The maximum absolute atomic E-state index is 11.8. The molecule has 0 aliphatic rings. The number of hydrogen-bond acceptors (Lipinski definition) is 3. The van der Waals surface area contributed by atoms with Crippen molar-refractivity contribution in [1.29, 1.82) is 0 Å². The van der Waals surface area contributed by atoms with Crippen molar-refractivity contribution in [2.75, 3.05) is 13.7 Å². The minimum absolute atomic E-state index is 0.817. The first-order valence-corrected chi connectivity index (χ1v) is 2.82. The summed E-state index contributed by atoms with van der Waals surface area (Å²) in [4.78, 5) is 0. The summed E-state index contributed by atoms with van der Waals surface area (Å²) in [5, 5.41) is 16.7. The van der Waals surface area contributed by atoms with Crippen molar-refractivity contribution >= 4 is 0 Å². The lowest BCUT2D eigenvalue weighted by atomic mass is 10.2. The number of aliphatic hydroxyl groups excluding tert-OH is 2. The van der Waals surface area contributed by atoms with Gasteiger partial charge in [0.15, 0.2) is 6.10 Å². The third kappa shape index (κ3) is 3.04. The molecule has 11 heavy (non-hydrogen) atoms.